The van der Waals surface area contributed by atoms with Crippen molar-refractivity contribution in [2.75, 3.05) is 20.1 Å². The lowest BCUT2D eigenvalue weighted by molar-refractivity contribution is 0.222. The van der Waals surface area contributed by atoms with E-state index in [4.69, 9.17) is 5.73 Å². The summed E-state index contributed by atoms with van der Waals surface area (Å²) >= 11 is 0. The zero-order chi connectivity index (χ0) is 15.7. The van der Waals surface area contributed by atoms with Crippen LogP contribution >= 0.6 is 0 Å². The third-order valence-electron chi connectivity index (χ3n) is 6.10. The van der Waals surface area contributed by atoms with Gasteiger partial charge in [0.1, 0.15) is 0 Å². The third kappa shape index (κ3) is 3.23. The van der Waals surface area contributed by atoms with E-state index < -0.39 is 0 Å². The summed E-state index contributed by atoms with van der Waals surface area (Å²) in [6, 6.07) is 9.78. The van der Waals surface area contributed by atoms with Crippen LogP contribution in [-0.4, -0.2) is 25.0 Å². The molecule has 1 saturated carbocycles. The van der Waals surface area contributed by atoms with Crippen molar-refractivity contribution < 1.29 is 0 Å². The Kier molecular flexibility index (Phi) is 4.61. The molecule has 0 spiro atoms. The average Bonchev–Trinajstić information content (AvgIpc) is 2.88. The summed E-state index contributed by atoms with van der Waals surface area (Å²) in [5, 5.41) is 0. The van der Waals surface area contributed by atoms with Gasteiger partial charge in [-0.05, 0) is 74.1 Å². The SMILES string of the molecule is CN1CC(CN)CC1c1ccccc1C1CCC(C)(C)CC1. The molecule has 2 fully saturated rings. The topological polar surface area (TPSA) is 29.3 Å². The van der Waals surface area contributed by atoms with Gasteiger partial charge in [0.25, 0.3) is 0 Å². The summed E-state index contributed by atoms with van der Waals surface area (Å²) in [4.78, 5) is 2.52. The predicted octanol–water partition coefficient (Wildman–Crippen LogP) is 4.32. The van der Waals surface area contributed by atoms with Crippen LogP contribution in [0.5, 0.6) is 0 Å². The third-order valence-corrected chi connectivity index (χ3v) is 6.10. The second-order valence-electron chi connectivity index (χ2n) is 8.36. The Labute approximate surface area is 136 Å². The summed E-state index contributed by atoms with van der Waals surface area (Å²) in [5.41, 5.74) is 9.66. The lowest BCUT2D eigenvalue weighted by Crippen LogP contribution is -2.23. The van der Waals surface area contributed by atoms with Gasteiger partial charge in [-0.25, -0.2) is 0 Å². The van der Waals surface area contributed by atoms with Gasteiger partial charge in [-0.15, -0.1) is 0 Å². The van der Waals surface area contributed by atoms with Gasteiger partial charge in [0, 0.05) is 12.6 Å². The molecule has 122 valence electrons. The van der Waals surface area contributed by atoms with Crippen molar-refractivity contribution in [1.29, 1.82) is 0 Å². The van der Waals surface area contributed by atoms with Crippen LogP contribution in [0.3, 0.4) is 0 Å². The van der Waals surface area contributed by atoms with Gasteiger partial charge in [0.15, 0.2) is 0 Å². The molecule has 1 aromatic carbocycles. The molecule has 22 heavy (non-hydrogen) atoms. The zero-order valence-corrected chi connectivity index (χ0v) is 14.5. The van der Waals surface area contributed by atoms with E-state index >= 15 is 0 Å². The average molecular weight is 300 g/mol. The van der Waals surface area contributed by atoms with Crippen molar-refractivity contribution in [1.82, 2.24) is 4.90 Å². The Morgan fingerprint density at radius 3 is 2.36 bits per heavy atom. The zero-order valence-electron chi connectivity index (χ0n) is 14.5. The highest BCUT2D eigenvalue weighted by molar-refractivity contribution is 5.34. The van der Waals surface area contributed by atoms with Crippen molar-refractivity contribution >= 4 is 0 Å². The molecule has 1 aliphatic carbocycles. The van der Waals surface area contributed by atoms with Crippen LogP contribution in [0.4, 0.5) is 0 Å². The van der Waals surface area contributed by atoms with Crippen LogP contribution in [0.15, 0.2) is 24.3 Å². The van der Waals surface area contributed by atoms with Crippen molar-refractivity contribution in [2.45, 2.75) is 57.9 Å². The molecule has 3 rings (SSSR count). The number of benzene rings is 1. The lowest BCUT2D eigenvalue weighted by atomic mass is 9.70. The van der Waals surface area contributed by atoms with Crippen molar-refractivity contribution in [2.24, 2.45) is 17.1 Å². The van der Waals surface area contributed by atoms with Crippen molar-refractivity contribution in [3.8, 4) is 0 Å². The highest BCUT2D eigenvalue weighted by Crippen LogP contribution is 2.45. The smallest absolute Gasteiger partial charge is 0.0351 e. The second kappa shape index (κ2) is 6.33. The molecule has 2 nitrogen and oxygen atoms in total. The highest BCUT2D eigenvalue weighted by Gasteiger charge is 2.34. The van der Waals surface area contributed by atoms with E-state index in [-0.39, 0.29) is 0 Å². The summed E-state index contributed by atoms with van der Waals surface area (Å²) < 4.78 is 0. The Morgan fingerprint density at radius 2 is 1.77 bits per heavy atom. The van der Waals surface area contributed by atoms with Crippen LogP contribution in [-0.2, 0) is 0 Å². The summed E-state index contributed by atoms with van der Waals surface area (Å²) in [6.07, 6.45) is 6.64. The van der Waals surface area contributed by atoms with E-state index in [1.54, 1.807) is 11.1 Å². The maximum atomic E-state index is 5.92. The first-order chi connectivity index (χ1) is 10.5. The van der Waals surface area contributed by atoms with Crippen molar-refractivity contribution in [3.05, 3.63) is 35.4 Å². The van der Waals surface area contributed by atoms with Crippen LogP contribution in [0.2, 0.25) is 0 Å². The number of rotatable bonds is 3. The van der Waals surface area contributed by atoms with E-state index in [1.807, 2.05) is 0 Å². The first kappa shape index (κ1) is 16.0. The molecular formula is C20H32N2. The Morgan fingerprint density at radius 1 is 1.14 bits per heavy atom. The number of nitrogens with zero attached hydrogens (tertiary/aromatic N) is 1. The summed E-state index contributed by atoms with van der Waals surface area (Å²) in [7, 11) is 2.26. The van der Waals surface area contributed by atoms with E-state index in [0.29, 0.717) is 17.4 Å². The van der Waals surface area contributed by atoms with Gasteiger partial charge in [-0.1, -0.05) is 38.1 Å². The standard InChI is InChI=1S/C20H32N2/c1-20(2)10-8-16(9-11-20)17-6-4-5-7-18(17)19-12-15(13-21)14-22(19)3/h4-7,15-16,19H,8-14,21H2,1-3H3. The van der Waals surface area contributed by atoms with Gasteiger partial charge in [0.2, 0.25) is 0 Å². The first-order valence-corrected chi connectivity index (χ1v) is 8.99. The minimum absolute atomic E-state index is 0.542. The summed E-state index contributed by atoms with van der Waals surface area (Å²) in [6.45, 7) is 6.81. The van der Waals surface area contributed by atoms with Gasteiger partial charge in [-0.2, -0.15) is 0 Å². The van der Waals surface area contributed by atoms with Crippen LogP contribution in [0.25, 0.3) is 0 Å². The lowest BCUT2D eigenvalue weighted by Gasteiger charge is -2.36. The van der Waals surface area contributed by atoms with Gasteiger partial charge in [-0.3, -0.25) is 4.90 Å². The van der Waals surface area contributed by atoms with Gasteiger partial charge < -0.3 is 5.73 Å². The van der Waals surface area contributed by atoms with E-state index in [0.717, 1.165) is 19.0 Å². The first-order valence-electron chi connectivity index (χ1n) is 8.99. The molecule has 0 aromatic heterocycles. The largest absolute Gasteiger partial charge is 0.330 e. The van der Waals surface area contributed by atoms with E-state index in [1.165, 1.54) is 32.1 Å². The predicted molar refractivity (Wildman–Crippen MR) is 94.0 cm³/mol. The molecule has 2 atom stereocenters. The maximum absolute atomic E-state index is 5.92. The molecule has 1 saturated heterocycles. The molecule has 2 heteroatoms. The Bertz CT molecular complexity index is 498. The Hall–Kier alpha value is -0.860. The van der Waals surface area contributed by atoms with Gasteiger partial charge >= 0.3 is 0 Å². The molecular weight excluding hydrogens is 268 g/mol. The monoisotopic (exact) mass is 300 g/mol. The molecule has 2 unspecified atom stereocenters. The van der Waals surface area contributed by atoms with Crippen LogP contribution < -0.4 is 5.73 Å². The Balaban J connectivity index is 1.82. The number of hydrogen-bond donors (Lipinski definition) is 1. The fraction of sp³-hybridized carbons (Fsp3) is 0.700. The molecule has 1 aromatic rings. The molecule has 0 radical (unpaired) electrons. The maximum Gasteiger partial charge on any atom is 0.0351 e. The minimum atomic E-state index is 0.542. The molecule has 2 aliphatic rings. The second-order valence-corrected chi connectivity index (χ2v) is 8.36. The fourth-order valence-electron chi connectivity index (χ4n) is 4.54. The molecule has 1 heterocycles. The summed E-state index contributed by atoms with van der Waals surface area (Å²) in [5.74, 6) is 1.42. The normalized spacial score (nSPS) is 29.8. The molecule has 1 aliphatic heterocycles. The molecule has 2 N–H and O–H groups in total. The number of likely N-dealkylation sites (tertiary alicyclic amines) is 1. The molecule has 0 amide bonds. The van der Waals surface area contributed by atoms with Crippen LogP contribution in [0, 0.1) is 11.3 Å². The van der Waals surface area contributed by atoms with E-state index in [9.17, 15) is 0 Å². The fourth-order valence-corrected chi connectivity index (χ4v) is 4.54. The number of hydrogen-bond acceptors (Lipinski definition) is 2. The van der Waals surface area contributed by atoms with E-state index in [2.05, 4.69) is 50.1 Å². The highest BCUT2D eigenvalue weighted by atomic mass is 15.2. The number of nitrogens with two attached hydrogens (primary N) is 1. The molecule has 0 bridgehead atoms. The quantitative estimate of drug-likeness (QED) is 0.900. The van der Waals surface area contributed by atoms with Crippen LogP contribution in [0.1, 0.15) is 69.0 Å². The minimum Gasteiger partial charge on any atom is -0.330 e. The van der Waals surface area contributed by atoms with Crippen molar-refractivity contribution in [3.63, 3.8) is 0 Å². The van der Waals surface area contributed by atoms with Gasteiger partial charge in [0.05, 0.1) is 0 Å².